The molecule has 0 radical (unpaired) electrons. The Balaban J connectivity index is 1.05. The summed E-state index contributed by atoms with van der Waals surface area (Å²) in [6, 6.07) is 56.2. The van der Waals surface area contributed by atoms with Gasteiger partial charge in [-0.15, -0.1) is 45.3 Å². The molecule has 4 heterocycles. The van der Waals surface area contributed by atoms with E-state index in [2.05, 4.69) is 166 Å². The standard InChI is InChI=1S/C102H96Cl2N4O4S4/c1-8-13-18-23-24-31-54-112-94-88-90-100(96-80(58-72(114-96)56-78-86(84(62-106)108-7)75-59-81(103)82(104)60-76(75)92(78)110)102(90,69-50-42-65(43-51-69)34-27-21-16-11-4)70-52-44-66(45-53-70)35-28-22-17-12-5)115-97(88)93(111)87-89-99(116-98(87)94)95-79(57-71(113-95)55-77-85(83(61-105)107-6)73-36-29-30-37-74(73)91(77)109)101(89,67-46-38-63(39-47-67)32-25-19-14-9-2)68-48-40-64(41-49-68)33-26-20-15-10-3/h29-30,36-53,55-60,111H,8-28,31-35,54H2,1-5H3/b77-55-,78-56-,85-83?,86-84+. The topological polar surface area (TPSA) is 120 Å². The van der Waals surface area contributed by atoms with E-state index >= 15 is 4.79 Å². The number of hydrogen-bond acceptors (Lipinski definition) is 10. The Kier molecular flexibility index (Phi) is 25.3. The molecule has 0 saturated heterocycles. The average Bonchev–Trinajstić information content (AvgIpc) is 1.49. The molecule has 116 heavy (non-hydrogen) atoms. The first-order chi connectivity index (χ1) is 56.7. The molecule has 8 nitrogen and oxygen atoms in total. The van der Waals surface area contributed by atoms with Crippen molar-refractivity contribution in [2.45, 2.75) is 212 Å². The number of phenolic OH excluding ortho intramolecular Hbond substituents is 1. The summed E-state index contributed by atoms with van der Waals surface area (Å²) in [6.07, 6.45) is 32.0. The highest BCUT2D eigenvalue weighted by atomic mass is 35.5. The van der Waals surface area contributed by atoms with E-state index in [1.165, 1.54) is 54.4 Å². The number of ketones is 2. The Bertz CT molecular complexity index is 5790. The van der Waals surface area contributed by atoms with E-state index < -0.39 is 10.8 Å². The molecule has 1 N–H and O–H groups in total. The number of ether oxygens (including phenoxy) is 1. The smallest absolute Gasteiger partial charge is 0.270 e. The van der Waals surface area contributed by atoms with Crippen molar-refractivity contribution in [1.29, 1.82) is 10.5 Å². The van der Waals surface area contributed by atoms with Gasteiger partial charge in [-0.05, 0) is 161 Å². The van der Waals surface area contributed by atoms with Crippen LogP contribution >= 0.6 is 68.5 Å². The number of nitrogens with zero attached hydrogens (tertiary/aromatic N) is 4. The molecule has 0 aliphatic heterocycles. The number of carbonyl (C=O) groups is 2. The van der Waals surface area contributed by atoms with Crippen LogP contribution in [0, 0.1) is 35.8 Å². The number of benzene rings is 7. The summed E-state index contributed by atoms with van der Waals surface area (Å²) in [6.45, 7) is 28.2. The van der Waals surface area contributed by atoms with Crippen molar-refractivity contribution in [3.63, 3.8) is 0 Å². The van der Waals surface area contributed by atoms with Gasteiger partial charge in [0.05, 0.1) is 81.7 Å². The number of rotatable bonds is 34. The van der Waals surface area contributed by atoms with Gasteiger partial charge in [0.2, 0.25) is 0 Å². The summed E-state index contributed by atoms with van der Waals surface area (Å²) >= 11 is 19.8. The van der Waals surface area contributed by atoms with Gasteiger partial charge in [-0.3, -0.25) is 9.59 Å². The number of fused-ring (bicyclic) bond motifs is 12. The summed E-state index contributed by atoms with van der Waals surface area (Å²) < 4.78 is 9.38. The Morgan fingerprint density at radius 2 is 0.802 bits per heavy atom. The van der Waals surface area contributed by atoms with Crippen LogP contribution in [0.25, 0.3) is 72.7 Å². The molecule has 0 fully saturated rings. The van der Waals surface area contributed by atoms with Gasteiger partial charge in [-0.25, -0.2) is 20.2 Å². The molecule has 4 aliphatic rings. The fourth-order valence-electron chi connectivity index (χ4n) is 18.4. The van der Waals surface area contributed by atoms with Crippen molar-refractivity contribution in [2.75, 3.05) is 6.61 Å². The Morgan fingerprint density at radius 1 is 0.440 bits per heavy atom. The molecular formula is C102H96Cl2N4O4S4. The molecule has 0 spiro atoms. The second kappa shape index (κ2) is 36.0. The number of nitriles is 2. The van der Waals surface area contributed by atoms with Crippen LogP contribution in [-0.2, 0) is 36.5 Å². The first-order valence-electron chi connectivity index (χ1n) is 42.0. The number of thiophene rings is 4. The average molecular weight is 1640 g/mol. The molecule has 7 aromatic carbocycles. The molecule has 0 amide bonds. The summed E-state index contributed by atoms with van der Waals surface area (Å²) in [7, 11) is 0. The Labute approximate surface area is 709 Å². The quantitative estimate of drug-likeness (QED) is 0.0186. The van der Waals surface area contributed by atoms with Gasteiger partial charge in [0.15, 0.2) is 11.6 Å². The summed E-state index contributed by atoms with van der Waals surface area (Å²) in [5, 5.41) is 38.0. The number of allylic oxidation sites excluding steroid dienone is 6. The maximum atomic E-state index is 15.1. The normalized spacial score (nSPS) is 15.5. The van der Waals surface area contributed by atoms with Crippen LogP contribution in [0.15, 0.2) is 168 Å². The van der Waals surface area contributed by atoms with Crippen LogP contribution in [0.5, 0.6) is 11.5 Å². The lowest BCUT2D eigenvalue weighted by atomic mass is 9.66. The monoisotopic (exact) mass is 1640 g/mol. The predicted molar refractivity (Wildman–Crippen MR) is 485 cm³/mol. The lowest BCUT2D eigenvalue weighted by molar-refractivity contribution is 0.103. The first-order valence-corrected chi connectivity index (χ1v) is 46.0. The van der Waals surface area contributed by atoms with Crippen LogP contribution in [0.1, 0.15) is 284 Å². The summed E-state index contributed by atoms with van der Waals surface area (Å²) in [5.74, 6) is 0.290. The van der Waals surface area contributed by atoms with Crippen molar-refractivity contribution >= 4 is 124 Å². The Morgan fingerprint density at radius 3 is 1.22 bits per heavy atom. The molecule has 0 bridgehead atoms. The lowest BCUT2D eigenvalue weighted by Gasteiger charge is -2.34. The first kappa shape index (κ1) is 81.4. The third-order valence-corrected chi connectivity index (χ3v) is 29.9. The van der Waals surface area contributed by atoms with Crippen molar-refractivity contribution in [2.24, 2.45) is 0 Å². The number of unbranched alkanes of at least 4 members (excludes halogenated alkanes) is 17. The zero-order valence-electron chi connectivity index (χ0n) is 67.0. The number of halogens is 2. The van der Waals surface area contributed by atoms with Gasteiger partial charge in [-0.1, -0.05) is 288 Å². The number of Topliss-reactive ketones (excluding diaryl/α,β-unsaturated/α-hetero) is 2. The SMILES string of the molecule is [C-]#[N+]C(C#N)=C1/C(=C/c2cc3c(s2)-c2sc4c(OCCCCCCCC)c5c6c(sc5c(O)c4c2C3(c2ccc(CCCCCC)cc2)c2ccc(CCCCCC)cc2)-c2sc(/C=C3\C(=O)c4cc(Cl)c(Cl)cc4\C3=C(\C#N)[N+]#[C-])cc2C6(c2ccc(CCCCCC)cc2)c2ccc(CCCCCC)cc2)C(=O)c2ccccc21. The highest BCUT2D eigenvalue weighted by Crippen LogP contribution is 2.71. The fourth-order valence-corrected chi connectivity index (χ4v) is 24.1. The van der Waals surface area contributed by atoms with E-state index in [0.717, 1.165) is 230 Å². The van der Waals surface area contributed by atoms with Crippen molar-refractivity contribution in [3.05, 3.63) is 300 Å². The van der Waals surface area contributed by atoms with Crippen molar-refractivity contribution in [3.8, 4) is 43.1 Å². The molecular weight excluding hydrogens is 1540 g/mol. The molecule has 586 valence electrons. The van der Waals surface area contributed by atoms with Crippen LogP contribution in [0.4, 0.5) is 0 Å². The van der Waals surface area contributed by atoms with E-state index in [1.807, 2.05) is 30.4 Å². The number of hydrogen-bond donors (Lipinski definition) is 1. The van der Waals surface area contributed by atoms with Gasteiger partial charge in [0.25, 0.3) is 11.4 Å². The highest BCUT2D eigenvalue weighted by Gasteiger charge is 2.55. The van der Waals surface area contributed by atoms with Gasteiger partial charge in [-0.2, -0.15) is 0 Å². The van der Waals surface area contributed by atoms with Gasteiger partial charge >= 0.3 is 0 Å². The van der Waals surface area contributed by atoms with Crippen LogP contribution in [0.2, 0.25) is 10.0 Å². The van der Waals surface area contributed by atoms with Gasteiger partial charge < -0.3 is 9.84 Å². The van der Waals surface area contributed by atoms with Crippen LogP contribution < -0.4 is 4.74 Å². The molecule has 4 aliphatic carbocycles. The van der Waals surface area contributed by atoms with Gasteiger partial charge in [0, 0.05) is 65.1 Å². The number of aryl methyl sites for hydroxylation is 4. The van der Waals surface area contributed by atoms with E-state index in [0.29, 0.717) is 39.1 Å². The second-order valence-electron chi connectivity index (χ2n) is 31.7. The van der Waals surface area contributed by atoms with E-state index in [1.54, 1.807) is 63.5 Å². The minimum absolute atomic E-state index is 0.135. The minimum Gasteiger partial charge on any atom is -0.506 e. The molecule has 4 aromatic heterocycles. The van der Waals surface area contributed by atoms with Crippen LogP contribution in [0.3, 0.4) is 0 Å². The lowest BCUT2D eigenvalue weighted by Crippen LogP contribution is -2.29. The second-order valence-corrected chi connectivity index (χ2v) is 36.7. The fraction of sp³-hybridized carbons (Fsp3) is 0.333. The van der Waals surface area contributed by atoms with Gasteiger partial charge in [0.1, 0.15) is 11.5 Å². The number of aromatic hydroxyl groups is 1. The zero-order valence-corrected chi connectivity index (χ0v) is 71.7. The molecule has 11 aromatic rings. The Hall–Kier alpha value is -9.70. The number of phenols is 1. The number of carbonyl (C=O) groups excluding carboxylic acids is 2. The van der Waals surface area contributed by atoms with Crippen molar-refractivity contribution < 1.29 is 19.4 Å². The molecule has 14 heteroatoms. The minimum atomic E-state index is -1.07. The van der Waals surface area contributed by atoms with E-state index in [4.69, 9.17) is 41.1 Å². The van der Waals surface area contributed by atoms with Crippen molar-refractivity contribution in [1.82, 2.24) is 0 Å². The maximum absolute atomic E-state index is 15.1. The van der Waals surface area contributed by atoms with Crippen LogP contribution in [-0.4, -0.2) is 23.3 Å². The van der Waals surface area contributed by atoms with E-state index in [9.17, 15) is 20.4 Å². The largest absolute Gasteiger partial charge is 0.506 e. The third kappa shape index (κ3) is 14.8. The molecule has 0 unspecified atom stereocenters. The third-order valence-electron chi connectivity index (χ3n) is 24.3. The molecule has 0 atom stereocenters. The predicted octanol–water partition coefficient (Wildman–Crippen LogP) is 30.1. The maximum Gasteiger partial charge on any atom is 0.270 e. The summed E-state index contributed by atoms with van der Waals surface area (Å²) in [4.78, 5) is 43.0. The molecule has 0 saturated carbocycles. The summed E-state index contributed by atoms with van der Waals surface area (Å²) in [5.41, 5.74) is 13.5. The van der Waals surface area contributed by atoms with E-state index in [-0.39, 0.29) is 55.5 Å². The zero-order chi connectivity index (χ0) is 80.8. The highest BCUT2D eigenvalue weighted by molar-refractivity contribution is 7.29. The molecule has 15 rings (SSSR count).